The van der Waals surface area contributed by atoms with Crippen molar-refractivity contribution in [3.05, 3.63) is 42.5 Å². The predicted molar refractivity (Wildman–Crippen MR) is 98.1 cm³/mol. The molecular formula is C18H27N3S. The molecule has 0 aromatic heterocycles. The van der Waals surface area contributed by atoms with E-state index in [1.54, 1.807) is 11.9 Å². The minimum Gasteiger partial charge on any atom is -0.329 e. The molecular weight excluding hydrogens is 290 g/mol. The van der Waals surface area contributed by atoms with E-state index in [-0.39, 0.29) is 0 Å². The maximum absolute atomic E-state index is 5.79. The topological polar surface area (TPSA) is 50.1 Å². The summed E-state index contributed by atoms with van der Waals surface area (Å²) in [6, 6.07) is 15.8. The monoisotopic (exact) mass is 317 g/mol. The maximum Gasteiger partial charge on any atom is 0.0271 e. The van der Waals surface area contributed by atoms with Gasteiger partial charge in [0, 0.05) is 30.1 Å². The van der Waals surface area contributed by atoms with Crippen molar-refractivity contribution in [3.8, 4) is 0 Å². The van der Waals surface area contributed by atoms with Gasteiger partial charge in [0.2, 0.25) is 0 Å². The van der Waals surface area contributed by atoms with E-state index in [2.05, 4.69) is 73.3 Å². The van der Waals surface area contributed by atoms with Gasteiger partial charge in [-0.3, -0.25) is 4.72 Å². The summed E-state index contributed by atoms with van der Waals surface area (Å²) < 4.78 is 3.50. The van der Waals surface area contributed by atoms with Gasteiger partial charge in [0.1, 0.15) is 0 Å². The van der Waals surface area contributed by atoms with E-state index in [4.69, 9.17) is 5.73 Å². The Morgan fingerprint density at radius 3 is 2.45 bits per heavy atom. The molecule has 0 bridgehead atoms. The van der Waals surface area contributed by atoms with Gasteiger partial charge in [-0.2, -0.15) is 0 Å². The van der Waals surface area contributed by atoms with E-state index < -0.39 is 0 Å². The molecule has 2 rings (SSSR count). The molecule has 120 valence electrons. The van der Waals surface area contributed by atoms with Crippen LogP contribution in [0.4, 0.5) is 0 Å². The summed E-state index contributed by atoms with van der Waals surface area (Å²) in [6.45, 7) is 8.19. The van der Waals surface area contributed by atoms with Crippen LogP contribution >= 0.6 is 11.9 Å². The second-order valence-electron chi connectivity index (χ2n) is 6.12. The first kappa shape index (κ1) is 17.3. The Bertz CT molecular complexity index is 585. The van der Waals surface area contributed by atoms with E-state index in [0.717, 1.165) is 6.54 Å². The summed E-state index contributed by atoms with van der Waals surface area (Å²) in [5.41, 5.74) is 5.79. The molecule has 22 heavy (non-hydrogen) atoms. The first-order valence-electron chi connectivity index (χ1n) is 7.94. The highest BCUT2D eigenvalue weighted by Gasteiger charge is 2.12. The first-order chi connectivity index (χ1) is 10.6. The fourth-order valence-corrected chi connectivity index (χ4v) is 3.10. The summed E-state index contributed by atoms with van der Waals surface area (Å²) in [5, 5.41) is 6.10. The highest BCUT2D eigenvalue weighted by atomic mass is 32.2. The minimum atomic E-state index is 0.379. The second-order valence-corrected chi connectivity index (χ2v) is 7.04. The second kappa shape index (κ2) is 8.53. The van der Waals surface area contributed by atoms with Crippen LogP contribution in [0.15, 0.2) is 47.4 Å². The van der Waals surface area contributed by atoms with E-state index in [1.165, 1.54) is 15.7 Å². The van der Waals surface area contributed by atoms with Crippen molar-refractivity contribution in [3.63, 3.8) is 0 Å². The van der Waals surface area contributed by atoms with E-state index in [0.29, 0.717) is 24.5 Å². The van der Waals surface area contributed by atoms with Crippen LogP contribution in [0.3, 0.4) is 0 Å². The van der Waals surface area contributed by atoms with Crippen LogP contribution in [0.25, 0.3) is 10.8 Å². The van der Waals surface area contributed by atoms with E-state index in [1.807, 2.05) is 0 Å². The van der Waals surface area contributed by atoms with Crippen molar-refractivity contribution < 1.29 is 0 Å². The zero-order chi connectivity index (χ0) is 15.9. The highest BCUT2D eigenvalue weighted by Crippen LogP contribution is 2.22. The molecule has 3 nitrogen and oxygen atoms in total. The van der Waals surface area contributed by atoms with Crippen LogP contribution in [0.1, 0.15) is 20.8 Å². The number of hydrogen-bond donors (Lipinski definition) is 3. The molecule has 0 aliphatic rings. The Kier molecular flexibility index (Phi) is 6.70. The first-order valence-corrected chi connectivity index (χ1v) is 8.76. The number of nitrogens with one attached hydrogen (secondary N) is 2. The molecule has 0 saturated heterocycles. The third-order valence-corrected chi connectivity index (χ3v) is 4.85. The largest absolute Gasteiger partial charge is 0.329 e. The Balaban J connectivity index is 1.83. The predicted octanol–water partition coefficient (Wildman–Crippen LogP) is 3.40. The lowest BCUT2D eigenvalue weighted by molar-refractivity contribution is 0.393. The fourth-order valence-electron chi connectivity index (χ4n) is 2.36. The van der Waals surface area contributed by atoms with Gasteiger partial charge in [-0.05, 0) is 47.7 Å². The van der Waals surface area contributed by atoms with Crippen molar-refractivity contribution in [2.45, 2.75) is 37.8 Å². The molecule has 0 fully saturated rings. The van der Waals surface area contributed by atoms with Crippen LogP contribution < -0.4 is 15.8 Å². The molecule has 2 aromatic carbocycles. The summed E-state index contributed by atoms with van der Waals surface area (Å²) in [6.07, 6.45) is 0. The van der Waals surface area contributed by atoms with Crippen molar-refractivity contribution in [2.75, 3.05) is 13.1 Å². The number of hydrogen-bond acceptors (Lipinski definition) is 4. The van der Waals surface area contributed by atoms with Crippen molar-refractivity contribution in [2.24, 2.45) is 11.7 Å². The van der Waals surface area contributed by atoms with Crippen LogP contribution in [0, 0.1) is 5.92 Å². The van der Waals surface area contributed by atoms with Crippen molar-refractivity contribution in [1.82, 2.24) is 10.0 Å². The van der Waals surface area contributed by atoms with Crippen LogP contribution in [-0.2, 0) is 0 Å². The molecule has 0 amide bonds. The Hall–Kier alpha value is -1.07. The molecule has 0 aliphatic carbocycles. The lowest BCUT2D eigenvalue weighted by Crippen LogP contribution is -2.45. The third-order valence-electron chi connectivity index (χ3n) is 3.84. The Labute approximate surface area is 138 Å². The number of benzene rings is 2. The SMILES string of the molecule is CC(CNC(CN)C(C)C)NSc1ccc2ccccc2c1. The molecule has 2 atom stereocenters. The average molecular weight is 318 g/mol. The van der Waals surface area contributed by atoms with E-state index in [9.17, 15) is 0 Å². The number of nitrogens with two attached hydrogens (primary N) is 1. The molecule has 4 heteroatoms. The molecule has 2 unspecified atom stereocenters. The summed E-state index contributed by atoms with van der Waals surface area (Å²) in [5.74, 6) is 0.561. The third kappa shape index (κ3) is 4.99. The molecule has 0 saturated carbocycles. The standard InChI is InChI=1S/C18H27N3S/c1-13(2)18(11-19)20-12-14(3)21-22-17-9-8-15-6-4-5-7-16(15)10-17/h4-10,13-14,18,20-21H,11-12,19H2,1-3H3. The van der Waals surface area contributed by atoms with Gasteiger partial charge in [-0.25, -0.2) is 0 Å². The van der Waals surface area contributed by atoms with Gasteiger partial charge in [0.05, 0.1) is 0 Å². The zero-order valence-electron chi connectivity index (χ0n) is 13.7. The van der Waals surface area contributed by atoms with Gasteiger partial charge >= 0.3 is 0 Å². The van der Waals surface area contributed by atoms with Gasteiger partial charge in [0.25, 0.3) is 0 Å². The molecule has 4 N–H and O–H groups in total. The van der Waals surface area contributed by atoms with Gasteiger partial charge in [-0.1, -0.05) is 44.2 Å². The smallest absolute Gasteiger partial charge is 0.0271 e. The summed E-state index contributed by atoms with van der Waals surface area (Å²) >= 11 is 1.69. The molecule has 0 heterocycles. The quantitative estimate of drug-likeness (QED) is 0.653. The number of rotatable bonds is 8. The summed E-state index contributed by atoms with van der Waals surface area (Å²) in [7, 11) is 0. The Morgan fingerprint density at radius 2 is 1.77 bits per heavy atom. The highest BCUT2D eigenvalue weighted by molar-refractivity contribution is 7.97. The molecule has 2 aromatic rings. The fraction of sp³-hybridized carbons (Fsp3) is 0.444. The normalized spacial score (nSPS) is 14.4. The molecule has 0 aliphatic heterocycles. The van der Waals surface area contributed by atoms with Gasteiger partial charge < -0.3 is 11.1 Å². The van der Waals surface area contributed by atoms with Crippen LogP contribution in [0.2, 0.25) is 0 Å². The minimum absolute atomic E-state index is 0.379. The van der Waals surface area contributed by atoms with Crippen molar-refractivity contribution in [1.29, 1.82) is 0 Å². The van der Waals surface area contributed by atoms with Gasteiger partial charge in [-0.15, -0.1) is 0 Å². The number of fused-ring (bicyclic) bond motifs is 1. The lowest BCUT2D eigenvalue weighted by atomic mass is 10.0. The van der Waals surface area contributed by atoms with Crippen LogP contribution in [0.5, 0.6) is 0 Å². The van der Waals surface area contributed by atoms with Crippen LogP contribution in [-0.4, -0.2) is 25.2 Å². The lowest BCUT2D eigenvalue weighted by Gasteiger charge is -2.23. The Morgan fingerprint density at radius 1 is 1.05 bits per heavy atom. The molecule has 0 spiro atoms. The summed E-state index contributed by atoms with van der Waals surface area (Å²) in [4.78, 5) is 1.24. The van der Waals surface area contributed by atoms with Crippen molar-refractivity contribution >= 4 is 22.7 Å². The van der Waals surface area contributed by atoms with Gasteiger partial charge in [0.15, 0.2) is 0 Å². The molecule has 0 radical (unpaired) electrons. The zero-order valence-corrected chi connectivity index (χ0v) is 14.5. The van der Waals surface area contributed by atoms with E-state index >= 15 is 0 Å². The maximum atomic E-state index is 5.79. The average Bonchev–Trinajstić information content (AvgIpc) is 2.53.